The average molecular weight is 299 g/mol. The Labute approximate surface area is 114 Å². The number of likely N-dealkylation sites (N-methyl/N-ethyl adjacent to an activating group) is 1. The molecule has 0 radical (unpaired) electrons. The minimum Gasteiger partial charge on any atom is -0.384 e. The van der Waals surface area contributed by atoms with Crippen LogP contribution < -0.4 is 5.32 Å². The lowest BCUT2D eigenvalue weighted by Crippen LogP contribution is -2.32. The number of hydrogen-bond acceptors (Lipinski definition) is 2. The molecule has 17 heavy (non-hydrogen) atoms. The molecule has 1 rings (SSSR count). The molecule has 0 spiro atoms. The molecule has 0 aliphatic carbocycles. The molecule has 0 aliphatic heterocycles. The van der Waals surface area contributed by atoms with Gasteiger partial charge in [0.15, 0.2) is 0 Å². The second kappa shape index (κ2) is 6.41. The molecule has 0 aromatic heterocycles. The molecule has 2 nitrogen and oxygen atoms in total. The number of rotatable bonds is 5. The largest absolute Gasteiger partial charge is 0.384 e. The van der Waals surface area contributed by atoms with E-state index >= 15 is 0 Å². The maximum absolute atomic E-state index is 3.47. The van der Waals surface area contributed by atoms with Crippen LogP contribution in [0.25, 0.3) is 0 Å². The second-order valence-electron chi connectivity index (χ2n) is 5.74. The van der Waals surface area contributed by atoms with E-state index in [0.29, 0.717) is 5.41 Å². The SMILES string of the molecule is CN(CCNc1cccc(Br)c1)CC(C)(C)C. The summed E-state index contributed by atoms with van der Waals surface area (Å²) in [7, 11) is 2.17. The first-order valence-corrected chi connectivity index (χ1v) is 6.84. The van der Waals surface area contributed by atoms with Gasteiger partial charge < -0.3 is 10.2 Å². The van der Waals surface area contributed by atoms with Crippen molar-refractivity contribution in [3.05, 3.63) is 28.7 Å². The summed E-state index contributed by atoms with van der Waals surface area (Å²) in [4.78, 5) is 2.37. The van der Waals surface area contributed by atoms with Gasteiger partial charge in [0.05, 0.1) is 0 Å². The van der Waals surface area contributed by atoms with Crippen LogP contribution in [-0.4, -0.2) is 31.6 Å². The summed E-state index contributed by atoms with van der Waals surface area (Å²) in [5.74, 6) is 0. The number of anilines is 1. The second-order valence-corrected chi connectivity index (χ2v) is 6.65. The number of benzene rings is 1. The Kier molecular flexibility index (Phi) is 5.47. The van der Waals surface area contributed by atoms with Crippen LogP contribution in [0.5, 0.6) is 0 Å². The topological polar surface area (TPSA) is 15.3 Å². The van der Waals surface area contributed by atoms with Crippen molar-refractivity contribution < 1.29 is 0 Å². The van der Waals surface area contributed by atoms with Gasteiger partial charge in [-0.3, -0.25) is 0 Å². The standard InChI is InChI=1S/C14H23BrN2/c1-14(2,3)11-17(4)9-8-16-13-7-5-6-12(15)10-13/h5-7,10,16H,8-9,11H2,1-4H3. The molecule has 0 fully saturated rings. The monoisotopic (exact) mass is 298 g/mol. The fourth-order valence-corrected chi connectivity index (χ4v) is 2.28. The molecule has 0 aliphatic rings. The summed E-state index contributed by atoms with van der Waals surface area (Å²) in [6.07, 6.45) is 0. The van der Waals surface area contributed by atoms with Crippen LogP contribution in [0.4, 0.5) is 5.69 Å². The van der Waals surface area contributed by atoms with Crippen LogP contribution >= 0.6 is 15.9 Å². The van der Waals surface area contributed by atoms with Crippen LogP contribution in [0.15, 0.2) is 28.7 Å². The first-order valence-electron chi connectivity index (χ1n) is 6.05. The molecule has 0 amide bonds. The first kappa shape index (κ1) is 14.5. The number of nitrogens with one attached hydrogen (secondary N) is 1. The van der Waals surface area contributed by atoms with Crippen LogP contribution in [0.2, 0.25) is 0 Å². The molecule has 96 valence electrons. The molecule has 0 saturated carbocycles. The predicted molar refractivity (Wildman–Crippen MR) is 79.6 cm³/mol. The van der Waals surface area contributed by atoms with E-state index in [1.54, 1.807) is 0 Å². The number of nitrogens with zero attached hydrogens (tertiary/aromatic N) is 1. The van der Waals surface area contributed by atoms with Gasteiger partial charge in [-0.05, 0) is 30.7 Å². The van der Waals surface area contributed by atoms with Crippen molar-refractivity contribution in [2.75, 3.05) is 32.0 Å². The Bertz CT molecular complexity index is 344. The van der Waals surface area contributed by atoms with Gasteiger partial charge in [0, 0.05) is 29.8 Å². The average Bonchev–Trinajstić information content (AvgIpc) is 2.14. The fourth-order valence-electron chi connectivity index (χ4n) is 1.88. The highest BCUT2D eigenvalue weighted by atomic mass is 79.9. The highest BCUT2D eigenvalue weighted by Crippen LogP contribution is 2.16. The number of halogens is 1. The molecule has 0 bridgehead atoms. The third-order valence-corrected chi connectivity index (χ3v) is 2.88. The van der Waals surface area contributed by atoms with E-state index in [2.05, 4.69) is 66.1 Å². The predicted octanol–water partition coefficient (Wildman–Crippen LogP) is 3.84. The van der Waals surface area contributed by atoms with Crippen LogP contribution in [0, 0.1) is 5.41 Å². The molecule has 1 aromatic carbocycles. The van der Waals surface area contributed by atoms with E-state index in [-0.39, 0.29) is 0 Å². The smallest absolute Gasteiger partial charge is 0.0351 e. The third-order valence-electron chi connectivity index (χ3n) is 2.39. The van der Waals surface area contributed by atoms with Gasteiger partial charge in [-0.25, -0.2) is 0 Å². The minimum atomic E-state index is 0.366. The van der Waals surface area contributed by atoms with Crippen molar-refractivity contribution in [3.8, 4) is 0 Å². The van der Waals surface area contributed by atoms with E-state index in [0.717, 1.165) is 24.1 Å². The lowest BCUT2D eigenvalue weighted by atomic mass is 9.96. The van der Waals surface area contributed by atoms with E-state index in [1.807, 2.05) is 12.1 Å². The lowest BCUT2D eigenvalue weighted by molar-refractivity contribution is 0.233. The molecular weight excluding hydrogens is 276 g/mol. The molecule has 0 atom stereocenters. The first-order chi connectivity index (χ1) is 7.87. The molecule has 0 unspecified atom stereocenters. The summed E-state index contributed by atoms with van der Waals surface area (Å²) in [6.45, 7) is 9.96. The van der Waals surface area contributed by atoms with E-state index in [4.69, 9.17) is 0 Å². The van der Waals surface area contributed by atoms with Crippen molar-refractivity contribution >= 4 is 21.6 Å². The summed E-state index contributed by atoms with van der Waals surface area (Å²) in [5, 5.41) is 3.43. The Balaban J connectivity index is 2.28. The highest BCUT2D eigenvalue weighted by Gasteiger charge is 2.12. The molecule has 1 N–H and O–H groups in total. The molecule has 0 heterocycles. The zero-order valence-electron chi connectivity index (χ0n) is 11.3. The zero-order chi connectivity index (χ0) is 12.9. The van der Waals surface area contributed by atoms with Gasteiger partial charge in [0.25, 0.3) is 0 Å². The normalized spacial score (nSPS) is 11.9. The fraction of sp³-hybridized carbons (Fsp3) is 0.571. The van der Waals surface area contributed by atoms with Crippen molar-refractivity contribution in [1.82, 2.24) is 4.90 Å². The molecule has 1 aromatic rings. The van der Waals surface area contributed by atoms with Crippen LogP contribution in [0.1, 0.15) is 20.8 Å². The van der Waals surface area contributed by atoms with E-state index < -0.39 is 0 Å². The van der Waals surface area contributed by atoms with Gasteiger partial charge in [0.2, 0.25) is 0 Å². The summed E-state index contributed by atoms with van der Waals surface area (Å²) in [5.41, 5.74) is 1.54. The van der Waals surface area contributed by atoms with Gasteiger partial charge >= 0.3 is 0 Å². The summed E-state index contributed by atoms with van der Waals surface area (Å²) < 4.78 is 1.12. The quantitative estimate of drug-likeness (QED) is 0.888. The molecule has 0 saturated heterocycles. The lowest BCUT2D eigenvalue weighted by Gasteiger charge is -2.26. The Hall–Kier alpha value is -0.540. The van der Waals surface area contributed by atoms with Gasteiger partial charge in [0.1, 0.15) is 0 Å². The Morgan fingerprint density at radius 2 is 2.00 bits per heavy atom. The van der Waals surface area contributed by atoms with Crippen molar-refractivity contribution in [2.45, 2.75) is 20.8 Å². The van der Waals surface area contributed by atoms with Crippen LogP contribution in [0.3, 0.4) is 0 Å². The third kappa shape index (κ3) is 6.69. The summed E-state index contributed by atoms with van der Waals surface area (Å²) >= 11 is 3.47. The van der Waals surface area contributed by atoms with E-state index in [1.165, 1.54) is 5.69 Å². The maximum atomic E-state index is 3.47. The number of hydrogen-bond donors (Lipinski definition) is 1. The van der Waals surface area contributed by atoms with Crippen molar-refractivity contribution in [1.29, 1.82) is 0 Å². The van der Waals surface area contributed by atoms with Gasteiger partial charge in [-0.15, -0.1) is 0 Å². The minimum absolute atomic E-state index is 0.366. The van der Waals surface area contributed by atoms with Gasteiger partial charge in [-0.1, -0.05) is 42.8 Å². The Morgan fingerprint density at radius 1 is 1.29 bits per heavy atom. The molecular formula is C14H23BrN2. The Morgan fingerprint density at radius 3 is 2.59 bits per heavy atom. The molecule has 3 heteroatoms. The van der Waals surface area contributed by atoms with Crippen LogP contribution in [-0.2, 0) is 0 Å². The summed E-state index contributed by atoms with van der Waals surface area (Å²) in [6, 6.07) is 8.28. The van der Waals surface area contributed by atoms with E-state index in [9.17, 15) is 0 Å². The highest BCUT2D eigenvalue weighted by molar-refractivity contribution is 9.10. The van der Waals surface area contributed by atoms with Crippen molar-refractivity contribution in [3.63, 3.8) is 0 Å². The zero-order valence-corrected chi connectivity index (χ0v) is 12.8. The maximum Gasteiger partial charge on any atom is 0.0351 e. The van der Waals surface area contributed by atoms with Crippen molar-refractivity contribution in [2.24, 2.45) is 5.41 Å². The van der Waals surface area contributed by atoms with Gasteiger partial charge in [-0.2, -0.15) is 0 Å².